The second kappa shape index (κ2) is 9.87. The molecule has 1 aromatic rings. The zero-order valence-corrected chi connectivity index (χ0v) is 17.2. The number of aliphatic hydroxyl groups is 1. The molecule has 0 saturated carbocycles. The van der Waals surface area contributed by atoms with Crippen LogP contribution in [0.1, 0.15) is 29.6 Å². The van der Waals surface area contributed by atoms with E-state index in [0.717, 1.165) is 0 Å². The van der Waals surface area contributed by atoms with Gasteiger partial charge in [0.25, 0.3) is 5.91 Å². The molecule has 4 atom stereocenters. The summed E-state index contributed by atoms with van der Waals surface area (Å²) in [5.41, 5.74) is 0.592. The van der Waals surface area contributed by atoms with E-state index in [1.165, 1.54) is 0 Å². The highest BCUT2D eigenvalue weighted by atomic mass is 16.5. The van der Waals surface area contributed by atoms with Crippen molar-refractivity contribution in [2.45, 2.75) is 43.6 Å². The Labute approximate surface area is 176 Å². The second-order valence-corrected chi connectivity index (χ2v) is 8.15. The van der Waals surface area contributed by atoms with E-state index < -0.39 is 6.10 Å². The average Bonchev–Trinajstić information content (AvgIpc) is 2.77. The Morgan fingerprint density at radius 1 is 1.03 bits per heavy atom. The summed E-state index contributed by atoms with van der Waals surface area (Å²) in [5.74, 6) is -0.0286. The fraction of sp³-hybridized carbons (Fsp3) is 0.636. The summed E-state index contributed by atoms with van der Waals surface area (Å²) >= 11 is 0. The number of rotatable bonds is 3. The molecular weight excluding hydrogens is 388 g/mol. The molecule has 0 spiro atoms. The molecule has 8 nitrogen and oxygen atoms in total. The summed E-state index contributed by atoms with van der Waals surface area (Å²) in [5, 5.41) is 10.3. The predicted octanol–water partition coefficient (Wildman–Crippen LogP) is 0.685. The molecule has 4 rings (SSSR count). The molecule has 0 aromatic heterocycles. The molecule has 3 aliphatic rings. The van der Waals surface area contributed by atoms with Crippen molar-refractivity contribution in [2.24, 2.45) is 0 Å². The first-order chi connectivity index (χ1) is 14.6. The number of hydrogen-bond acceptors (Lipinski definition) is 6. The molecule has 3 fully saturated rings. The largest absolute Gasteiger partial charge is 0.389 e. The van der Waals surface area contributed by atoms with E-state index >= 15 is 0 Å². The number of carbonyl (C=O) groups excluding carboxylic acids is 2. The van der Waals surface area contributed by atoms with Crippen LogP contribution in [0.3, 0.4) is 0 Å². The van der Waals surface area contributed by atoms with Gasteiger partial charge in [0.2, 0.25) is 5.91 Å². The fourth-order valence-electron chi connectivity index (χ4n) is 4.46. The molecule has 0 unspecified atom stereocenters. The van der Waals surface area contributed by atoms with Gasteiger partial charge in [-0.2, -0.15) is 0 Å². The van der Waals surface area contributed by atoms with Crippen LogP contribution < -0.4 is 0 Å². The molecule has 0 aliphatic carbocycles. The lowest BCUT2D eigenvalue weighted by atomic mass is 9.94. The molecule has 1 aromatic carbocycles. The van der Waals surface area contributed by atoms with E-state index in [4.69, 9.17) is 14.2 Å². The zero-order valence-electron chi connectivity index (χ0n) is 17.2. The first-order valence-electron chi connectivity index (χ1n) is 10.7. The monoisotopic (exact) mass is 418 g/mol. The van der Waals surface area contributed by atoms with Gasteiger partial charge >= 0.3 is 0 Å². The van der Waals surface area contributed by atoms with Crippen molar-refractivity contribution < 1.29 is 28.9 Å². The standard InChI is InChI=1S/C22H30N2O6/c25-17-13-24(22(27)16-4-2-1-3-5-16)19-7-6-18(30-20(19)15-29-14-17)12-21(26)23-8-10-28-11-9-23/h1-5,17-20,25H,6-15H2/t17-,18-,19+,20-/m0/s1. The summed E-state index contributed by atoms with van der Waals surface area (Å²) in [7, 11) is 0. The molecular formula is C22H30N2O6. The topological polar surface area (TPSA) is 88.5 Å². The first-order valence-corrected chi connectivity index (χ1v) is 10.7. The summed E-state index contributed by atoms with van der Waals surface area (Å²) < 4.78 is 17.2. The fourth-order valence-corrected chi connectivity index (χ4v) is 4.46. The third kappa shape index (κ3) is 5.00. The van der Waals surface area contributed by atoms with Crippen LogP contribution in [0.25, 0.3) is 0 Å². The molecule has 8 heteroatoms. The minimum atomic E-state index is -0.737. The zero-order chi connectivity index (χ0) is 20.9. The molecule has 164 valence electrons. The Kier molecular flexibility index (Phi) is 6.99. The summed E-state index contributed by atoms with van der Waals surface area (Å²) in [6.45, 7) is 3.06. The number of hydrogen-bond donors (Lipinski definition) is 1. The van der Waals surface area contributed by atoms with E-state index in [9.17, 15) is 14.7 Å². The van der Waals surface area contributed by atoms with E-state index in [1.54, 1.807) is 17.0 Å². The van der Waals surface area contributed by atoms with Gasteiger partial charge in [-0.15, -0.1) is 0 Å². The highest BCUT2D eigenvalue weighted by molar-refractivity contribution is 5.94. The summed E-state index contributed by atoms with van der Waals surface area (Å²) in [4.78, 5) is 29.3. The number of morpholine rings is 1. The van der Waals surface area contributed by atoms with Gasteiger partial charge in [-0.1, -0.05) is 18.2 Å². The average molecular weight is 418 g/mol. The minimum Gasteiger partial charge on any atom is -0.389 e. The lowest BCUT2D eigenvalue weighted by Crippen LogP contribution is -2.57. The van der Waals surface area contributed by atoms with Gasteiger partial charge in [0.1, 0.15) is 6.10 Å². The van der Waals surface area contributed by atoms with Crippen LogP contribution in [-0.2, 0) is 19.0 Å². The van der Waals surface area contributed by atoms with Crippen molar-refractivity contribution in [3.05, 3.63) is 35.9 Å². The Morgan fingerprint density at radius 3 is 2.57 bits per heavy atom. The number of nitrogens with zero attached hydrogens (tertiary/aromatic N) is 2. The number of amides is 2. The van der Waals surface area contributed by atoms with Crippen molar-refractivity contribution in [3.8, 4) is 0 Å². The molecule has 3 heterocycles. The molecule has 0 bridgehead atoms. The molecule has 30 heavy (non-hydrogen) atoms. The van der Waals surface area contributed by atoms with Gasteiger partial charge in [-0.05, 0) is 25.0 Å². The van der Waals surface area contributed by atoms with Crippen molar-refractivity contribution >= 4 is 11.8 Å². The van der Waals surface area contributed by atoms with Crippen LogP contribution in [0.15, 0.2) is 30.3 Å². The Morgan fingerprint density at radius 2 is 1.80 bits per heavy atom. The van der Waals surface area contributed by atoms with Crippen LogP contribution in [-0.4, -0.2) is 97.1 Å². The minimum absolute atomic E-state index is 0.0844. The number of ether oxygens (including phenoxy) is 3. The maximum absolute atomic E-state index is 13.2. The van der Waals surface area contributed by atoms with Gasteiger partial charge in [-0.3, -0.25) is 9.59 Å². The van der Waals surface area contributed by atoms with E-state index in [2.05, 4.69) is 0 Å². The van der Waals surface area contributed by atoms with E-state index in [1.807, 2.05) is 23.1 Å². The van der Waals surface area contributed by atoms with Gasteiger partial charge < -0.3 is 29.1 Å². The third-order valence-corrected chi connectivity index (χ3v) is 6.03. The van der Waals surface area contributed by atoms with Gasteiger partial charge in [0, 0.05) is 25.2 Å². The maximum Gasteiger partial charge on any atom is 0.254 e. The number of β-amino-alcohol motifs (C(OH)–C–C–N with tert-alkyl or cyclic N) is 1. The number of benzene rings is 1. The van der Waals surface area contributed by atoms with Crippen LogP contribution in [0, 0.1) is 0 Å². The highest BCUT2D eigenvalue weighted by Crippen LogP contribution is 2.29. The maximum atomic E-state index is 13.2. The number of aliphatic hydroxyl groups excluding tert-OH is 1. The van der Waals surface area contributed by atoms with E-state index in [-0.39, 0.29) is 43.2 Å². The quantitative estimate of drug-likeness (QED) is 0.777. The van der Waals surface area contributed by atoms with Crippen LogP contribution >= 0.6 is 0 Å². The lowest BCUT2D eigenvalue weighted by Gasteiger charge is -2.44. The van der Waals surface area contributed by atoms with E-state index in [0.29, 0.717) is 57.7 Å². The highest BCUT2D eigenvalue weighted by Gasteiger charge is 2.40. The SMILES string of the molecule is O=C(C[C@@H]1CC[C@@H]2[C@H](COC[C@@H](O)CN2C(=O)c2ccccc2)O1)N1CCOCC1. The van der Waals surface area contributed by atoms with Crippen molar-refractivity contribution in [1.29, 1.82) is 0 Å². The van der Waals surface area contributed by atoms with Gasteiger partial charge in [0.05, 0.1) is 51.1 Å². The van der Waals surface area contributed by atoms with Gasteiger partial charge in [-0.25, -0.2) is 0 Å². The molecule has 2 amide bonds. The van der Waals surface area contributed by atoms with Crippen molar-refractivity contribution in [2.75, 3.05) is 46.1 Å². The molecule has 3 aliphatic heterocycles. The van der Waals surface area contributed by atoms with Crippen molar-refractivity contribution in [1.82, 2.24) is 9.80 Å². The summed E-state index contributed by atoms with van der Waals surface area (Å²) in [6.07, 6.45) is 0.481. The Hall–Kier alpha value is -2.00. The normalized spacial score (nSPS) is 30.2. The number of carbonyl (C=O) groups is 2. The van der Waals surface area contributed by atoms with Crippen LogP contribution in [0.5, 0.6) is 0 Å². The lowest BCUT2D eigenvalue weighted by molar-refractivity contribution is -0.156. The Balaban J connectivity index is 1.43. The second-order valence-electron chi connectivity index (χ2n) is 8.15. The predicted molar refractivity (Wildman–Crippen MR) is 108 cm³/mol. The third-order valence-electron chi connectivity index (χ3n) is 6.03. The molecule has 0 radical (unpaired) electrons. The Bertz CT molecular complexity index is 724. The molecule has 3 saturated heterocycles. The van der Waals surface area contributed by atoms with Gasteiger partial charge in [0.15, 0.2) is 0 Å². The summed E-state index contributed by atoms with van der Waals surface area (Å²) in [6, 6.07) is 8.91. The van der Waals surface area contributed by atoms with Crippen LogP contribution in [0.2, 0.25) is 0 Å². The molecule has 1 N–H and O–H groups in total. The smallest absolute Gasteiger partial charge is 0.254 e. The number of fused-ring (bicyclic) bond motifs is 1. The van der Waals surface area contributed by atoms with Crippen molar-refractivity contribution in [3.63, 3.8) is 0 Å². The first kappa shape index (κ1) is 21.2. The van der Waals surface area contributed by atoms with Crippen LogP contribution in [0.4, 0.5) is 0 Å².